The van der Waals surface area contributed by atoms with Crippen LogP contribution in [-0.4, -0.2) is 39.3 Å². The molecule has 4 N–H and O–H groups in total. The number of amides is 1. The Bertz CT molecular complexity index is 478. The van der Waals surface area contributed by atoms with Gasteiger partial charge in [-0.3, -0.25) is 4.79 Å². The fraction of sp³-hybridized carbons (Fsp3) is 0.231. The highest BCUT2D eigenvalue weighted by molar-refractivity contribution is 5.94. The summed E-state index contributed by atoms with van der Waals surface area (Å²) in [5.41, 5.74) is 0.678. The number of carboxylic acid groups (broad SMARTS) is 1. The number of benzene rings is 1. The molecule has 1 aromatic rings. The Kier molecular flexibility index (Phi) is 5.08. The van der Waals surface area contributed by atoms with E-state index in [1.165, 1.54) is 25.1 Å². The monoisotopic (exact) mass is 265 g/mol. The molecule has 2 atom stereocenters. The maximum absolute atomic E-state index is 11.5. The van der Waals surface area contributed by atoms with Gasteiger partial charge in [0.1, 0.15) is 5.75 Å². The Labute approximate surface area is 110 Å². The van der Waals surface area contributed by atoms with E-state index in [1.54, 1.807) is 12.1 Å². The molecular formula is C13H15NO5. The highest BCUT2D eigenvalue weighted by Crippen LogP contribution is 2.10. The molecule has 1 rings (SSSR count). The van der Waals surface area contributed by atoms with Crippen molar-refractivity contribution in [3.63, 3.8) is 0 Å². The van der Waals surface area contributed by atoms with E-state index in [1.807, 2.05) is 0 Å². The van der Waals surface area contributed by atoms with Crippen LogP contribution in [0.15, 0.2) is 30.3 Å². The number of aliphatic hydroxyl groups excluding tert-OH is 1. The molecular weight excluding hydrogens is 250 g/mol. The van der Waals surface area contributed by atoms with Crippen molar-refractivity contribution in [2.24, 2.45) is 0 Å². The third-order valence-corrected chi connectivity index (χ3v) is 2.37. The quantitative estimate of drug-likeness (QED) is 0.575. The molecule has 2 unspecified atom stereocenters. The van der Waals surface area contributed by atoms with Crippen LogP contribution in [0, 0.1) is 0 Å². The first-order valence-electron chi connectivity index (χ1n) is 5.58. The number of hydrogen-bond acceptors (Lipinski definition) is 4. The maximum Gasteiger partial charge on any atom is 0.328 e. The fourth-order valence-electron chi connectivity index (χ4n) is 1.35. The summed E-state index contributed by atoms with van der Waals surface area (Å²) >= 11 is 0. The van der Waals surface area contributed by atoms with E-state index in [-0.39, 0.29) is 5.75 Å². The zero-order valence-corrected chi connectivity index (χ0v) is 10.3. The number of phenolic OH excluding ortho intramolecular Hbond substituents is 1. The molecule has 0 aliphatic carbocycles. The van der Waals surface area contributed by atoms with Crippen LogP contribution in [0.4, 0.5) is 0 Å². The number of aliphatic carboxylic acids is 1. The molecule has 0 radical (unpaired) electrons. The number of carboxylic acids is 1. The van der Waals surface area contributed by atoms with Crippen molar-refractivity contribution in [3.8, 4) is 5.75 Å². The van der Waals surface area contributed by atoms with E-state index in [0.717, 1.165) is 6.08 Å². The first-order chi connectivity index (χ1) is 8.90. The van der Waals surface area contributed by atoms with Crippen molar-refractivity contribution >= 4 is 18.0 Å². The third-order valence-electron chi connectivity index (χ3n) is 2.37. The van der Waals surface area contributed by atoms with E-state index in [9.17, 15) is 14.7 Å². The summed E-state index contributed by atoms with van der Waals surface area (Å²) in [5.74, 6) is -1.82. The van der Waals surface area contributed by atoms with Crippen LogP contribution < -0.4 is 5.32 Å². The summed E-state index contributed by atoms with van der Waals surface area (Å²) in [5, 5.41) is 29.2. The average Bonchev–Trinajstić information content (AvgIpc) is 2.34. The second kappa shape index (κ2) is 6.55. The van der Waals surface area contributed by atoms with Crippen LogP contribution in [0.25, 0.3) is 6.08 Å². The number of rotatable bonds is 5. The summed E-state index contributed by atoms with van der Waals surface area (Å²) in [4.78, 5) is 22.2. The lowest BCUT2D eigenvalue weighted by Gasteiger charge is -2.15. The summed E-state index contributed by atoms with van der Waals surface area (Å²) in [6, 6.07) is 4.78. The van der Waals surface area contributed by atoms with Crippen molar-refractivity contribution in [2.75, 3.05) is 0 Å². The van der Waals surface area contributed by atoms with Gasteiger partial charge in [0.2, 0.25) is 5.91 Å². The fourth-order valence-corrected chi connectivity index (χ4v) is 1.35. The van der Waals surface area contributed by atoms with E-state index >= 15 is 0 Å². The van der Waals surface area contributed by atoms with E-state index < -0.39 is 24.0 Å². The molecule has 19 heavy (non-hydrogen) atoms. The molecule has 0 fully saturated rings. The molecule has 0 bridgehead atoms. The summed E-state index contributed by atoms with van der Waals surface area (Å²) < 4.78 is 0. The molecule has 0 aliphatic rings. The molecule has 1 aromatic carbocycles. The van der Waals surface area contributed by atoms with Crippen molar-refractivity contribution in [2.45, 2.75) is 19.1 Å². The second-order valence-electron chi connectivity index (χ2n) is 3.99. The Morgan fingerprint density at radius 3 is 2.32 bits per heavy atom. The van der Waals surface area contributed by atoms with Gasteiger partial charge in [0, 0.05) is 6.08 Å². The minimum absolute atomic E-state index is 0.113. The Hall–Kier alpha value is -2.34. The minimum Gasteiger partial charge on any atom is -0.508 e. The number of carbonyl (C=O) groups is 2. The zero-order valence-electron chi connectivity index (χ0n) is 10.3. The predicted octanol–water partition coefficient (Wildman–Crippen LogP) is 0.356. The largest absolute Gasteiger partial charge is 0.508 e. The van der Waals surface area contributed by atoms with Gasteiger partial charge in [0.15, 0.2) is 6.04 Å². The summed E-state index contributed by atoms with van der Waals surface area (Å²) in [6.45, 7) is 1.28. The van der Waals surface area contributed by atoms with Crippen LogP contribution in [-0.2, 0) is 9.59 Å². The van der Waals surface area contributed by atoms with E-state index in [0.29, 0.717) is 5.56 Å². The van der Waals surface area contributed by atoms with Gasteiger partial charge in [-0.1, -0.05) is 12.1 Å². The molecule has 0 heterocycles. The van der Waals surface area contributed by atoms with Gasteiger partial charge >= 0.3 is 5.97 Å². The average molecular weight is 265 g/mol. The topological polar surface area (TPSA) is 107 Å². The minimum atomic E-state index is -1.35. The lowest BCUT2D eigenvalue weighted by molar-refractivity contribution is -0.144. The SMILES string of the molecule is CC(O)C(NC(=O)/C=C/c1ccc(O)cc1)C(=O)O. The third kappa shape index (κ3) is 4.81. The Morgan fingerprint density at radius 2 is 1.84 bits per heavy atom. The molecule has 1 amide bonds. The van der Waals surface area contributed by atoms with Gasteiger partial charge in [0.05, 0.1) is 6.10 Å². The molecule has 0 aromatic heterocycles. The normalized spacial score (nSPS) is 14.0. The number of phenols is 1. The smallest absolute Gasteiger partial charge is 0.328 e. The summed E-state index contributed by atoms with van der Waals surface area (Å²) in [7, 11) is 0. The van der Waals surface area contributed by atoms with Crippen LogP contribution in [0.1, 0.15) is 12.5 Å². The van der Waals surface area contributed by atoms with Crippen LogP contribution in [0.3, 0.4) is 0 Å². The number of nitrogens with one attached hydrogen (secondary N) is 1. The van der Waals surface area contributed by atoms with Gasteiger partial charge in [-0.15, -0.1) is 0 Å². The lowest BCUT2D eigenvalue weighted by Crippen LogP contribution is -2.47. The Balaban J connectivity index is 2.64. The van der Waals surface area contributed by atoms with E-state index in [4.69, 9.17) is 10.2 Å². The highest BCUT2D eigenvalue weighted by Gasteiger charge is 2.23. The molecule has 0 saturated carbocycles. The number of carbonyl (C=O) groups excluding carboxylic acids is 1. The summed E-state index contributed by atoms with van der Waals surface area (Å²) in [6.07, 6.45) is 1.43. The van der Waals surface area contributed by atoms with Gasteiger partial charge in [-0.2, -0.15) is 0 Å². The molecule has 102 valence electrons. The van der Waals surface area contributed by atoms with Crippen molar-refractivity contribution in [1.29, 1.82) is 0 Å². The lowest BCUT2D eigenvalue weighted by atomic mass is 10.1. The standard InChI is InChI=1S/C13H15NO5/c1-8(15)12(13(18)19)14-11(17)7-4-9-2-5-10(16)6-3-9/h2-8,12,15-16H,1H3,(H,14,17)(H,18,19)/b7-4+. The Morgan fingerprint density at radius 1 is 1.26 bits per heavy atom. The van der Waals surface area contributed by atoms with Crippen LogP contribution in [0.2, 0.25) is 0 Å². The van der Waals surface area contributed by atoms with Gasteiger partial charge < -0.3 is 20.6 Å². The molecule has 6 heteroatoms. The van der Waals surface area contributed by atoms with Crippen molar-refractivity contribution in [3.05, 3.63) is 35.9 Å². The van der Waals surface area contributed by atoms with Crippen molar-refractivity contribution in [1.82, 2.24) is 5.32 Å². The van der Waals surface area contributed by atoms with Gasteiger partial charge in [-0.25, -0.2) is 4.79 Å². The molecule has 0 saturated heterocycles. The van der Waals surface area contributed by atoms with Gasteiger partial charge in [0.25, 0.3) is 0 Å². The predicted molar refractivity (Wildman–Crippen MR) is 68.4 cm³/mol. The molecule has 6 nitrogen and oxygen atoms in total. The first-order valence-corrected chi connectivity index (χ1v) is 5.58. The number of aromatic hydroxyl groups is 1. The maximum atomic E-state index is 11.5. The van der Waals surface area contributed by atoms with Crippen molar-refractivity contribution < 1.29 is 24.9 Å². The zero-order chi connectivity index (χ0) is 14.4. The van der Waals surface area contributed by atoms with Gasteiger partial charge in [-0.05, 0) is 30.7 Å². The number of hydrogen-bond donors (Lipinski definition) is 4. The number of aliphatic hydroxyl groups is 1. The molecule has 0 aliphatic heterocycles. The van der Waals surface area contributed by atoms with E-state index in [2.05, 4.69) is 5.32 Å². The second-order valence-corrected chi connectivity index (χ2v) is 3.99. The van der Waals surface area contributed by atoms with Crippen LogP contribution >= 0.6 is 0 Å². The molecule has 0 spiro atoms. The first kappa shape index (κ1) is 14.7. The van der Waals surface area contributed by atoms with Crippen LogP contribution in [0.5, 0.6) is 5.75 Å². The highest BCUT2D eigenvalue weighted by atomic mass is 16.4.